The summed E-state index contributed by atoms with van der Waals surface area (Å²) in [5.41, 5.74) is 0. The van der Waals surface area contributed by atoms with Crippen LogP contribution in [0.1, 0.15) is 52.9 Å². The topological polar surface area (TPSA) is 32.3 Å². The van der Waals surface area contributed by atoms with E-state index in [0.717, 1.165) is 38.9 Å². The number of hydrogen-bond donors (Lipinski definition) is 1. The molecule has 0 aromatic rings. The van der Waals surface area contributed by atoms with E-state index in [2.05, 4.69) is 31.0 Å². The Morgan fingerprint density at radius 3 is 2.47 bits per heavy atom. The monoisotopic (exact) mass is 240 g/mol. The largest absolute Gasteiger partial charge is 0.356 e. The Balaban J connectivity index is 2.17. The van der Waals surface area contributed by atoms with Gasteiger partial charge in [0.25, 0.3) is 0 Å². The molecule has 0 unspecified atom stereocenters. The van der Waals surface area contributed by atoms with Crippen molar-refractivity contribution in [2.24, 2.45) is 5.92 Å². The molecule has 1 saturated heterocycles. The molecule has 0 radical (unpaired) electrons. The van der Waals surface area contributed by atoms with Crippen molar-refractivity contribution in [3.63, 3.8) is 0 Å². The second-order valence-electron chi connectivity index (χ2n) is 5.40. The molecule has 0 atom stereocenters. The van der Waals surface area contributed by atoms with E-state index in [4.69, 9.17) is 0 Å². The van der Waals surface area contributed by atoms with Crippen molar-refractivity contribution in [3.05, 3.63) is 0 Å². The van der Waals surface area contributed by atoms with Gasteiger partial charge < -0.3 is 10.2 Å². The molecule has 0 saturated carbocycles. The Bertz CT molecular complexity index is 220. The molecule has 17 heavy (non-hydrogen) atoms. The summed E-state index contributed by atoms with van der Waals surface area (Å²) in [6, 6.07) is 0.614. The second kappa shape index (κ2) is 7.70. The highest BCUT2D eigenvalue weighted by Crippen LogP contribution is 2.18. The van der Waals surface area contributed by atoms with E-state index in [-0.39, 0.29) is 11.8 Å². The maximum absolute atomic E-state index is 11.9. The van der Waals surface area contributed by atoms with Crippen molar-refractivity contribution in [1.29, 1.82) is 0 Å². The standard InChI is InChI=1S/C14H28N2O/c1-4-5-6-9-15-14(17)13-7-10-16(11-8-13)12(2)3/h12-13H,4-11H2,1-3H3,(H,15,17). The molecular formula is C14H28N2O. The maximum Gasteiger partial charge on any atom is 0.223 e. The number of nitrogens with zero attached hydrogens (tertiary/aromatic N) is 1. The van der Waals surface area contributed by atoms with Crippen LogP contribution in [0.3, 0.4) is 0 Å². The fourth-order valence-electron chi connectivity index (χ4n) is 2.41. The van der Waals surface area contributed by atoms with Gasteiger partial charge in [0.05, 0.1) is 0 Å². The van der Waals surface area contributed by atoms with E-state index < -0.39 is 0 Å². The lowest BCUT2D eigenvalue weighted by Crippen LogP contribution is -2.43. The van der Waals surface area contributed by atoms with Crippen molar-refractivity contribution in [3.8, 4) is 0 Å². The predicted octanol–water partition coefficient (Wildman–Crippen LogP) is 2.41. The van der Waals surface area contributed by atoms with E-state index >= 15 is 0 Å². The number of carbonyl (C=O) groups is 1. The summed E-state index contributed by atoms with van der Waals surface area (Å²) in [6.45, 7) is 9.65. The first-order chi connectivity index (χ1) is 8.15. The van der Waals surface area contributed by atoms with Crippen LogP contribution in [0, 0.1) is 5.92 Å². The van der Waals surface area contributed by atoms with E-state index in [1.54, 1.807) is 0 Å². The molecule has 100 valence electrons. The molecule has 0 aromatic carbocycles. The lowest BCUT2D eigenvalue weighted by Gasteiger charge is -2.33. The zero-order valence-corrected chi connectivity index (χ0v) is 11.7. The number of likely N-dealkylation sites (tertiary alicyclic amines) is 1. The third kappa shape index (κ3) is 5.07. The number of unbranched alkanes of at least 4 members (excludes halogenated alkanes) is 2. The highest BCUT2D eigenvalue weighted by Gasteiger charge is 2.25. The molecule has 1 amide bonds. The summed E-state index contributed by atoms with van der Waals surface area (Å²) in [5.74, 6) is 0.538. The van der Waals surface area contributed by atoms with E-state index in [0.29, 0.717) is 6.04 Å². The zero-order valence-electron chi connectivity index (χ0n) is 11.7. The molecule has 3 nitrogen and oxygen atoms in total. The van der Waals surface area contributed by atoms with Gasteiger partial charge in [-0.2, -0.15) is 0 Å². The summed E-state index contributed by atoms with van der Waals surface area (Å²) in [4.78, 5) is 14.4. The molecule has 0 spiro atoms. The first-order valence-electron chi connectivity index (χ1n) is 7.17. The fraction of sp³-hybridized carbons (Fsp3) is 0.929. The molecule has 0 aromatic heterocycles. The van der Waals surface area contributed by atoms with Gasteiger partial charge in [-0.3, -0.25) is 4.79 Å². The molecular weight excluding hydrogens is 212 g/mol. The minimum Gasteiger partial charge on any atom is -0.356 e. The lowest BCUT2D eigenvalue weighted by atomic mass is 9.95. The number of hydrogen-bond acceptors (Lipinski definition) is 2. The SMILES string of the molecule is CCCCCNC(=O)C1CCN(C(C)C)CC1. The summed E-state index contributed by atoms with van der Waals surface area (Å²) < 4.78 is 0. The van der Waals surface area contributed by atoms with Gasteiger partial charge in [-0.1, -0.05) is 19.8 Å². The van der Waals surface area contributed by atoms with E-state index in [9.17, 15) is 4.79 Å². The van der Waals surface area contributed by atoms with E-state index in [1.807, 2.05) is 0 Å². The van der Waals surface area contributed by atoms with E-state index in [1.165, 1.54) is 12.8 Å². The van der Waals surface area contributed by atoms with Crippen LogP contribution >= 0.6 is 0 Å². The van der Waals surface area contributed by atoms with Crippen LogP contribution in [0.5, 0.6) is 0 Å². The number of nitrogens with one attached hydrogen (secondary N) is 1. The van der Waals surface area contributed by atoms with Crippen LogP contribution in [0.25, 0.3) is 0 Å². The second-order valence-corrected chi connectivity index (χ2v) is 5.40. The molecule has 1 rings (SSSR count). The highest BCUT2D eigenvalue weighted by atomic mass is 16.1. The van der Waals surface area contributed by atoms with Crippen molar-refractivity contribution >= 4 is 5.91 Å². The lowest BCUT2D eigenvalue weighted by molar-refractivity contribution is -0.126. The first-order valence-corrected chi connectivity index (χ1v) is 7.17. The number of piperidine rings is 1. The summed E-state index contributed by atoms with van der Waals surface area (Å²) in [7, 11) is 0. The minimum absolute atomic E-state index is 0.256. The Morgan fingerprint density at radius 2 is 1.94 bits per heavy atom. The number of amides is 1. The average Bonchev–Trinajstić information content (AvgIpc) is 2.34. The Hall–Kier alpha value is -0.570. The van der Waals surface area contributed by atoms with Gasteiger partial charge >= 0.3 is 0 Å². The molecule has 1 aliphatic heterocycles. The van der Waals surface area contributed by atoms with Gasteiger partial charge in [-0.05, 0) is 46.2 Å². The van der Waals surface area contributed by atoms with Gasteiger partial charge in [0.15, 0.2) is 0 Å². The normalized spacial score (nSPS) is 18.6. The Labute approximate surface area is 106 Å². The van der Waals surface area contributed by atoms with Crippen molar-refractivity contribution in [2.45, 2.75) is 58.9 Å². The van der Waals surface area contributed by atoms with Gasteiger partial charge in [0.2, 0.25) is 5.91 Å². The third-order valence-electron chi connectivity index (χ3n) is 3.71. The van der Waals surface area contributed by atoms with Crippen molar-refractivity contribution in [2.75, 3.05) is 19.6 Å². The molecule has 1 aliphatic rings. The number of carbonyl (C=O) groups excluding carboxylic acids is 1. The van der Waals surface area contributed by atoms with Crippen molar-refractivity contribution < 1.29 is 4.79 Å². The van der Waals surface area contributed by atoms with Crippen LogP contribution in [0.15, 0.2) is 0 Å². The third-order valence-corrected chi connectivity index (χ3v) is 3.71. The van der Waals surface area contributed by atoms with Gasteiger partial charge in [-0.25, -0.2) is 0 Å². The van der Waals surface area contributed by atoms with Gasteiger partial charge in [-0.15, -0.1) is 0 Å². The summed E-state index contributed by atoms with van der Waals surface area (Å²) >= 11 is 0. The summed E-state index contributed by atoms with van der Waals surface area (Å²) in [5, 5.41) is 3.07. The van der Waals surface area contributed by atoms with Crippen LogP contribution in [-0.2, 0) is 4.79 Å². The minimum atomic E-state index is 0.256. The Kier molecular flexibility index (Phi) is 6.56. The summed E-state index contributed by atoms with van der Waals surface area (Å²) in [6.07, 6.45) is 5.59. The smallest absolute Gasteiger partial charge is 0.223 e. The predicted molar refractivity (Wildman–Crippen MR) is 72.0 cm³/mol. The Morgan fingerprint density at radius 1 is 1.29 bits per heavy atom. The quantitative estimate of drug-likeness (QED) is 0.723. The molecule has 3 heteroatoms. The van der Waals surface area contributed by atoms with Crippen LogP contribution in [0.2, 0.25) is 0 Å². The molecule has 1 N–H and O–H groups in total. The van der Waals surface area contributed by atoms with Gasteiger partial charge in [0, 0.05) is 18.5 Å². The first kappa shape index (κ1) is 14.5. The molecule has 0 bridgehead atoms. The number of rotatable bonds is 6. The van der Waals surface area contributed by atoms with Crippen LogP contribution in [-0.4, -0.2) is 36.5 Å². The average molecular weight is 240 g/mol. The highest BCUT2D eigenvalue weighted by molar-refractivity contribution is 5.78. The molecule has 0 aliphatic carbocycles. The maximum atomic E-state index is 11.9. The van der Waals surface area contributed by atoms with Crippen molar-refractivity contribution in [1.82, 2.24) is 10.2 Å². The fourth-order valence-corrected chi connectivity index (χ4v) is 2.41. The molecule has 1 heterocycles. The van der Waals surface area contributed by atoms with Crippen LogP contribution in [0.4, 0.5) is 0 Å². The molecule has 1 fully saturated rings. The zero-order chi connectivity index (χ0) is 12.7. The van der Waals surface area contributed by atoms with Crippen LogP contribution < -0.4 is 5.32 Å². The van der Waals surface area contributed by atoms with Gasteiger partial charge in [0.1, 0.15) is 0 Å².